The molecule has 1 aliphatic heterocycles. The summed E-state index contributed by atoms with van der Waals surface area (Å²) < 4.78 is 34.1. The van der Waals surface area contributed by atoms with E-state index in [1.54, 1.807) is 12.1 Å². The van der Waals surface area contributed by atoms with Crippen molar-refractivity contribution >= 4 is 5.69 Å². The first-order valence-corrected chi connectivity index (χ1v) is 3.98. The molecule has 1 aromatic rings. The van der Waals surface area contributed by atoms with Crippen LogP contribution in [-0.4, -0.2) is 6.29 Å². The molecule has 0 bridgehead atoms. The SMILES string of the molecule is C[C]1OC(F)(F)Oc2cccc(N)c21. The van der Waals surface area contributed by atoms with Crippen molar-refractivity contribution in [2.45, 2.75) is 13.2 Å². The highest BCUT2D eigenvalue weighted by molar-refractivity contribution is 5.60. The van der Waals surface area contributed by atoms with Crippen molar-refractivity contribution < 1.29 is 18.3 Å². The topological polar surface area (TPSA) is 44.5 Å². The second kappa shape index (κ2) is 2.81. The Balaban J connectivity index is 2.50. The number of anilines is 1. The van der Waals surface area contributed by atoms with E-state index >= 15 is 0 Å². The lowest BCUT2D eigenvalue weighted by atomic mass is 10.1. The lowest BCUT2D eigenvalue weighted by Crippen LogP contribution is -2.34. The van der Waals surface area contributed by atoms with Crippen molar-refractivity contribution in [3.63, 3.8) is 0 Å². The van der Waals surface area contributed by atoms with E-state index in [9.17, 15) is 8.78 Å². The number of rotatable bonds is 0. The maximum absolute atomic E-state index is 12.8. The monoisotopic (exact) mass is 200 g/mol. The Hall–Kier alpha value is -1.36. The molecule has 2 N–H and O–H groups in total. The Bertz CT molecular complexity index is 368. The number of hydrogen-bond donors (Lipinski definition) is 1. The Morgan fingerprint density at radius 3 is 2.71 bits per heavy atom. The second-order valence-corrected chi connectivity index (χ2v) is 2.94. The number of hydrogen-bond acceptors (Lipinski definition) is 3. The summed E-state index contributed by atoms with van der Waals surface area (Å²) in [5.41, 5.74) is 6.34. The maximum atomic E-state index is 12.8. The van der Waals surface area contributed by atoms with Crippen LogP contribution in [0.5, 0.6) is 5.75 Å². The van der Waals surface area contributed by atoms with Crippen LogP contribution in [-0.2, 0) is 4.74 Å². The van der Waals surface area contributed by atoms with Crippen LogP contribution >= 0.6 is 0 Å². The van der Waals surface area contributed by atoms with Crippen LogP contribution in [0.4, 0.5) is 14.5 Å². The highest BCUT2D eigenvalue weighted by atomic mass is 19.3. The van der Waals surface area contributed by atoms with Gasteiger partial charge in [-0.05, 0) is 19.1 Å². The number of nitrogen functional groups attached to an aromatic ring is 1. The van der Waals surface area contributed by atoms with Gasteiger partial charge in [-0.1, -0.05) is 6.07 Å². The molecule has 1 heterocycles. The normalized spacial score (nSPS) is 19.9. The van der Waals surface area contributed by atoms with Crippen LogP contribution in [0.1, 0.15) is 12.5 Å². The highest BCUT2D eigenvalue weighted by Crippen LogP contribution is 2.41. The molecule has 0 aliphatic carbocycles. The minimum atomic E-state index is -3.61. The van der Waals surface area contributed by atoms with Crippen molar-refractivity contribution in [2.75, 3.05) is 5.73 Å². The standard InChI is InChI=1S/C9H8F2NO2/c1-5-8-6(12)3-2-4-7(8)14-9(10,11)13-5/h2-4H,12H2,1H3. The van der Waals surface area contributed by atoms with Crippen LogP contribution in [0.3, 0.4) is 0 Å². The lowest BCUT2D eigenvalue weighted by molar-refractivity contribution is -0.353. The minimum Gasteiger partial charge on any atom is -0.409 e. The van der Waals surface area contributed by atoms with Gasteiger partial charge in [-0.25, -0.2) is 0 Å². The Labute approximate surface area is 79.4 Å². The van der Waals surface area contributed by atoms with Gasteiger partial charge < -0.3 is 10.5 Å². The van der Waals surface area contributed by atoms with Gasteiger partial charge in [-0.3, -0.25) is 4.74 Å². The van der Waals surface area contributed by atoms with Crippen molar-refractivity contribution in [1.29, 1.82) is 0 Å². The number of benzene rings is 1. The van der Waals surface area contributed by atoms with Crippen LogP contribution < -0.4 is 10.5 Å². The van der Waals surface area contributed by atoms with E-state index < -0.39 is 6.29 Å². The third kappa shape index (κ3) is 1.39. The van der Waals surface area contributed by atoms with Gasteiger partial charge in [0.15, 0.2) is 0 Å². The Kier molecular flexibility index (Phi) is 1.85. The zero-order chi connectivity index (χ0) is 10.3. The molecule has 0 fully saturated rings. The molecule has 0 aromatic heterocycles. The van der Waals surface area contributed by atoms with Crippen molar-refractivity contribution in [2.24, 2.45) is 0 Å². The summed E-state index contributed by atoms with van der Waals surface area (Å²) in [6.07, 6.45) is -3.54. The smallest absolute Gasteiger partial charge is 0.409 e. The van der Waals surface area contributed by atoms with E-state index in [1.807, 2.05) is 0 Å². The second-order valence-electron chi connectivity index (χ2n) is 2.94. The molecular weight excluding hydrogens is 192 g/mol. The van der Waals surface area contributed by atoms with Crippen LogP contribution in [0.2, 0.25) is 0 Å². The number of ether oxygens (including phenoxy) is 2. The summed E-state index contributed by atoms with van der Waals surface area (Å²) in [5, 5.41) is 0. The largest absolute Gasteiger partial charge is 0.536 e. The van der Waals surface area contributed by atoms with Crippen LogP contribution in [0.25, 0.3) is 0 Å². The van der Waals surface area contributed by atoms with E-state index in [0.717, 1.165) is 0 Å². The van der Waals surface area contributed by atoms with Crippen molar-refractivity contribution in [1.82, 2.24) is 0 Å². The molecule has 5 heteroatoms. The summed E-state index contributed by atoms with van der Waals surface area (Å²) in [7, 11) is 0. The molecule has 0 saturated heterocycles. The first-order valence-electron chi connectivity index (χ1n) is 3.98. The molecule has 0 spiro atoms. The lowest BCUT2D eigenvalue weighted by Gasteiger charge is -2.29. The minimum absolute atomic E-state index is 0.0405. The zero-order valence-corrected chi connectivity index (χ0v) is 7.38. The number of fused-ring (bicyclic) bond motifs is 1. The van der Waals surface area contributed by atoms with Gasteiger partial charge in [0.2, 0.25) is 0 Å². The number of nitrogens with two attached hydrogens (primary N) is 1. The van der Waals surface area contributed by atoms with Crippen LogP contribution in [0, 0.1) is 6.10 Å². The molecule has 0 amide bonds. The van der Waals surface area contributed by atoms with Gasteiger partial charge in [0.1, 0.15) is 11.9 Å². The van der Waals surface area contributed by atoms with Crippen molar-refractivity contribution in [3.8, 4) is 5.75 Å². The molecule has 1 aliphatic rings. The zero-order valence-electron chi connectivity index (χ0n) is 7.38. The fraction of sp³-hybridized carbons (Fsp3) is 0.222. The molecule has 75 valence electrons. The molecule has 3 nitrogen and oxygen atoms in total. The Morgan fingerprint density at radius 2 is 2.00 bits per heavy atom. The van der Waals surface area contributed by atoms with Crippen LogP contribution in [0.15, 0.2) is 18.2 Å². The molecular formula is C9H8F2NO2. The number of alkyl halides is 2. The van der Waals surface area contributed by atoms with E-state index in [-0.39, 0.29) is 11.9 Å². The highest BCUT2D eigenvalue weighted by Gasteiger charge is 2.43. The summed E-state index contributed by atoms with van der Waals surface area (Å²) in [6, 6.07) is 4.56. The van der Waals surface area contributed by atoms with E-state index in [4.69, 9.17) is 5.73 Å². The van der Waals surface area contributed by atoms with E-state index in [1.165, 1.54) is 13.0 Å². The molecule has 2 rings (SSSR count). The summed E-state index contributed by atoms with van der Waals surface area (Å²) in [6.45, 7) is 1.42. The maximum Gasteiger partial charge on any atom is 0.536 e. The molecule has 0 atom stereocenters. The van der Waals surface area contributed by atoms with E-state index in [0.29, 0.717) is 11.3 Å². The van der Waals surface area contributed by atoms with Gasteiger partial charge >= 0.3 is 6.29 Å². The fourth-order valence-electron chi connectivity index (χ4n) is 1.39. The predicted molar refractivity (Wildman–Crippen MR) is 45.5 cm³/mol. The predicted octanol–water partition coefficient (Wildman–Crippen LogP) is 2.13. The first-order chi connectivity index (χ1) is 6.49. The van der Waals surface area contributed by atoms with Gasteiger partial charge in [-0.15, -0.1) is 8.78 Å². The average Bonchev–Trinajstić information content (AvgIpc) is 2.00. The third-order valence-corrected chi connectivity index (χ3v) is 1.91. The van der Waals surface area contributed by atoms with E-state index in [2.05, 4.69) is 9.47 Å². The molecule has 1 radical (unpaired) electrons. The van der Waals surface area contributed by atoms with Gasteiger partial charge in [0.25, 0.3) is 0 Å². The number of halogens is 2. The van der Waals surface area contributed by atoms with Gasteiger partial charge in [-0.2, -0.15) is 0 Å². The fourth-order valence-corrected chi connectivity index (χ4v) is 1.39. The molecule has 14 heavy (non-hydrogen) atoms. The first kappa shape index (κ1) is 9.21. The third-order valence-electron chi connectivity index (χ3n) is 1.91. The van der Waals surface area contributed by atoms with Crippen molar-refractivity contribution in [3.05, 3.63) is 29.9 Å². The molecule has 1 aromatic carbocycles. The quantitative estimate of drug-likeness (QED) is 0.652. The average molecular weight is 200 g/mol. The summed E-state index contributed by atoms with van der Waals surface area (Å²) in [4.78, 5) is 0. The van der Waals surface area contributed by atoms with Gasteiger partial charge in [0, 0.05) is 5.69 Å². The molecule has 0 saturated carbocycles. The summed E-state index contributed by atoms with van der Waals surface area (Å²) >= 11 is 0. The summed E-state index contributed by atoms with van der Waals surface area (Å²) in [5.74, 6) is 0.0405. The molecule has 0 unspecified atom stereocenters. The Morgan fingerprint density at radius 1 is 1.29 bits per heavy atom. The van der Waals surface area contributed by atoms with Gasteiger partial charge in [0.05, 0.1) is 5.56 Å².